The normalized spacial score (nSPS) is 12.5. The molecule has 1 atom stereocenters. The summed E-state index contributed by atoms with van der Waals surface area (Å²) in [6.45, 7) is 5.15. The van der Waals surface area contributed by atoms with Gasteiger partial charge in [0.05, 0.1) is 11.6 Å². The molecule has 0 saturated carbocycles. The molecule has 0 fully saturated rings. The van der Waals surface area contributed by atoms with Crippen LogP contribution < -0.4 is 4.74 Å². The Hall–Kier alpha value is -0.400. The molecule has 1 aromatic carbocycles. The summed E-state index contributed by atoms with van der Waals surface area (Å²) in [5.74, 6) is 1.34. The fourth-order valence-corrected chi connectivity index (χ4v) is 2.16. The lowest BCUT2D eigenvalue weighted by atomic mass is 10.0. The van der Waals surface area contributed by atoms with E-state index in [1.165, 1.54) is 19.3 Å². The van der Waals surface area contributed by atoms with E-state index in [2.05, 4.69) is 13.8 Å². The fraction of sp³-hybridized carbons (Fsp3) is 0.571. The van der Waals surface area contributed by atoms with Gasteiger partial charge in [-0.15, -0.1) is 0 Å². The summed E-state index contributed by atoms with van der Waals surface area (Å²) in [7, 11) is 0. The van der Waals surface area contributed by atoms with Crippen LogP contribution in [0.5, 0.6) is 5.75 Å². The summed E-state index contributed by atoms with van der Waals surface area (Å²) in [6.07, 6.45) is 4.86. The highest BCUT2D eigenvalue weighted by atomic mass is 35.5. The van der Waals surface area contributed by atoms with Crippen molar-refractivity contribution in [2.24, 2.45) is 5.92 Å². The van der Waals surface area contributed by atoms with Crippen LogP contribution in [0, 0.1) is 5.92 Å². The molecule has 1 rings (SSSR count). The molecule has 0 heterocycles. The van der Waals surface area contributed by atoms with E-state index in [0.717, 1.165) is 18.8 Å². The molecule has 0 aliphatic carbocycles. The van der Waals surface area contributed by atoms with Crippen LogP contribution in [0.4, 0.5) is 0 Å². The van der Waals surface area contributed by atoms with Gasteiger partial charge < -0.3 is 4.74 Å². The van der Waals surface area contributed by atoms with Crippen molar-refractivity contribution in [3.8, 4) is 5.75 Å². The highest BCUT2D eigenvalue weighted by Gasteiger charge is 2.08. The molecule has 0 saturated heterocycles. The second-order valence-electron chi connectivity index (χ2n) is 4.30. The van der Waals surface area contributed by atoms with Gasteiger partial charge in [-0.25, -0.2) is 0 Å². The number of ether oxygens (including phenoxy) is 1. The number of benzene rings is 1. The first-order valence-corrected chi connectivity index (χ1v) is 7.00. The molecule has 0 amide bonds. The maximum Gasteiger partial charge on any atom is 0.137 e. The monoisotopic (exact) mass is 274 g/mol. The third-order valence-corrected chi connectivity index (χ3v) is 3.44. The van der Waals surface area contributed by atoms with Gasteiger partial charge in [0.1, 0.15) is 5.75 Å². The van der Waals surface area contributed by atoms with Crippen LogP contribution in [0.1, 0.15) is 39.5 Å². The summed E-state index contributed by atoms with van der Waals surface area (Å²) < 4.78 is 5.75. The average Bonchev–Trinajstić information content (AvgIpc) is 2.31. The van der Waals surface area contributed by atoms with Crippen LogP contribution in [0.2, 0.25) is 10.0 Å². The van der Waals surface area contributed by atoms with Crippen LogP contribution in [0.15, 0.2) is 18.2 Å². The van der Waals surface area contributed by atoms with Crippen molar-refractivity contribution in [3.63, 3.8) is 0 Å². The van der Waals surface area contributed by atoms with Crippen LogP contribution in [0.25, 0.3) is 0 Å². The Balaban J connectivity index is 2.47. The highest BCUT2D eigenvalue weighted by Crippen LogP contribution is 2.28. The average molecular weight is 275 g/mol. The quantitative estimate of drug-likeness (QED) is 0.630. The van der Waals surface area contributed by atoms with Gasteiger partial charge in [0.15, 0.2) is 0 Å². The van der Waals surface area contributed by atoms with Gasteiger partial charge in [0.2, 0.25) is 0 Å². The molecule has 17 heavy (non-hydrogen) atoms. The number of unbranched alkanes of at least 4 members (excludes halogenated alkanes) is 1. The minimum atomic E-state index is 0.586. The Labute approximate surface area is 114 Å². The molecule has 0 bridgehead atoms. The lowest BCUT2D eigenvalue weighted by Gasteiger charge is -2.16. The molecular formula is C14H20Cl2O. The third-order valence-electron chi connectivity index (χ3n) is 2.91. The maximum absolute atomic E-state index is 6.05. The van der Waals surface area contributed by atoms with E-state index in [1.54, 1.807) is 12.1 Å². The van der Waals surface area contributed by atoms with Gasteiger partial charge in [-0.3, -0.25) is 0 Å². The Morgan fingerprint density at radius 1 is 1.24 bits per heavy atom. The molecule has 0 N–H and O–H groups in total. The second-order valence-corrected chi connectivity index (χ2v) is 5.15. The Morgan fingerprint density at radius 2 is 2.00 bits per heavy atom. The lowest BCUT2D eigenvalue weighted by molar-refractivity contribution is 0.233. The number of hydrogen-bond donors (Lipinski definition) is 0. The largest absolute Gasteiger partial charge is 0.492 e. The van der Waals surface area contributed by atoms with Gasteiger partial charge in [-0.1, -0.05) is 56.3 Å². The molecule has 1 nitrogen and oxygen atoms in total. The molecule has 0 spiro atoms. The van der Waals surface area contributed by atoms with Crippen molar-refractivity contribution in [1.82, 2.24) is 0 Å². The van der Waals surface area contributed by atoms with Gasteiger partial charge in [-0.05, 0) is 30.5 Å². The Morgan fingerprint density at radius 3 is 2.59 bits per heavy atom. The summed E-state index contributed by atoms with van der Waals surface area (Å²) >= 11 is 11.9. The standard InChI is InChI=1S/C14H20Cl2O/c1-3-5-6-11(4-2)10-17-14-8-7-12(15)9-13(14)16/h7-9,11H,3-6,10H2,1-2H3. The predicted octanol–water partition coefficient (Wildman–Crippen LogP) is 5.59. The second kappa shape index (κ2) is 7.84. The van der Waals surface area contributed by atoms with Crippen molar-refractivity contribution in [1.29, 1.82) is 0 Å². The fourth-order valence-electron chi connectivity index (χ4n) is 1.70. The summed E-state index contributed by atoms with van der Waals surface area (Å²) in [4.78, 5) is 0. The van der Waals surface area contributed by atoms with Gasteiger partial charge in [0, 0.05) is 5.02 Å². The van der Waals surface area contributed by atoms with E-state index in [0.29, 0.717) is 16.0 Å². The van der Waals surface area contributed by atoms with Gasteiger partial charge in [-0.2, -0.15) is 0 Å². The van der Waals surface area contributed by atoms with Crippen molar-refractivity contribution in [3.05, 3.63) is 28.2 Å². The molecule has 0 aliphatic heterocycles. The summed E-state index contributed by atoms with van der Waals surface area (Å²) in [5, 5.41) is 1.23. The van der Waals surface area contributed by atoms with Crippen LogP contribution in [-0.4, -0.2) is 6.61 Å². The SMILES string of the molecule is CCCCC(CC)COc1ccc(Cl)cc1Cl. The minimum Gasteiger partial charge on any atom is -0.492 e. The van der Waals surface area contributed by atoms with Crippen LogP contribution in [0.3, 0.4) is 0 Å². The highest BCUT2D eigenvalue weighted by molar-refractivity contribution is 6.35. The number of halogens is 2. The van der Waals surface area contributed by atoms with Crippen molar-refractivity contribution in [2.45, 2.75) is 39.5 Å². The maximum atomic E-state index is 6.05. The molecule has 96 valence electrons. The third kappa shape index (κ3) is 5.18. The molecule has 1 unspecified atom stereocenters. The molecule has 1 aromatic rings. The Kier molecular flexibility index (Phi) is 6.76. The molecule has 0 radical (unpaired) electrons. The smallest absolute Gasteiger partial charge is 0.137 e. The molecular weight excluding hydrogens is 255 g/mol. The first-order valence-electron chi connectivity index (χ1n) is 6.25. The zero-order chi connectivity index (χ0) is 12.7. The van der Waals surface area contributed by atoms with Crippen LogP contribution in [-0.2, 0) is 0 Å². The van der Waals surface area contributed by atoms with Crippen molar-refractivity contribution in [2.75, 3.05) is 6.61 Å². The first-order chi connectivity index (χ1) is 8.17. The number of rotatable bonds is 7. The first kappa shape index (κ1) is 14.7. The summed E-state index contributed by atoms with van der Waals surface area (Å²) in [5.41, 5.74) is 0. The molecule has 0 aromatic heterocycles. The Bertz CT molecular complexity index is 339. The van der Waals surface area contributed by atoms with Gasteiger partial charge in [0.25, 0.3) is 0 Å². The zero-order valence-corrected chi connectivity index (χ0v) is 12.0. The van der Waals surface area contributed by atoms with Crippen molar-refractivity contribution < 1.29 is 4.74 Å². The van der Waals surface area contributed by atoms with E-state index < -0.39 is 0 Å². The van der Waals surface area contributed by atoms with E-state index >= 15 is 0 Å². The van der Waals surface area contributed by atoms with E-state index in [4.69, 9.17) is 27.9 Å². The lowest BCUT2D eigenvalue weighted by Crippen LogP contribution is -2.11. The molecule has 3 heteroatoms. The summed E-state index contributed by atoms with van der Waals surface area (Å²) in [6, 6.07) is 5.35. The minimum absolute atomic E-state index is 0.586. The number of hydrogen-bond acceptors (Lipinski definition) is 1. The molecule has 0 aliphatic rings. The van der Waals surface area contributed by atoms with Crippen molar-refractivity contribution >= 4 is 23.2 Å². The zero-order valence-electron chi connectivity index (χ0n) is 10.5. The van der Waals surface area contributed by atoms with Gasteiger partial charge >= 0.3 is 0 Å². The van der Waals surface area contributed by atoms with E-state index in [9.17, 15) is 0 Å². The van der Waals surface area contributed by atoms with E-state index in [1.807, 2.05) is 6.07 Å². The predicted molar refractivity (Wildman–Crippen MR) is 75.3 cm³/mol. The van der Waals surface area contributed by atoms with E-state index in [-0.39, 0.29) is 0 Å². The van der Waals surface area contributed by atoms with Crippen LogP contribution >= 0.6 is 23.2 Å². The topological polar surface area (TPSA) is 9.23 Å².